The van der Waals surface area contributed by atoms with Gasteiger partial charge in [-0.05, 0) is 55.7 Å². The molecular formula is C33H38N4O7. The number of carboxylic acid groups (broad SMARTS) is 1. The molecule has 2 aliphatic rings. The Morgan fingerprint density at radius 1 is 1.05 bits per heavy atom. The number of nitrogens with one attached hydrogen (secondary N) is 1. The van der Waals surface area contributed by atoms with Crippen molar-refractivity contribution in [2.45, 2.75) is 51.4 Å². The van der Waals surface area contributed by atoms with Crippen molar-refractivity contribution >= 4 is 46.0 Å². The van der Waals surface area contributed by atoms with Gasteiger partial charge in [-0.15, -0.1) is 0 Å². The van der Waals surface area contributed by atoms with E-state index in [4.69, 9.17) is 9.47 Å². The van der Waals surface area contributed by atoms with Crippen LogP contribution in [0, 0.1) is 5.92 Å². The van der Waals surface area contributed by atoms with Crippen molar-refractivity contribution in [1.82, 2.24) is 10.2 Å². The predicted octanol–water partition coefficient (Wildman–Crippen LogP) is 4.03. The first-order valence-corrected chi connectivity index (χ1v) is 14.8. The van der Waals surface area contributed by atoms with E-state index in [-0.39, 0.29) is 18.4 Å². The number of ether oxygens (including phenoxy) is 2. The molecule has 5 rings (SSSR count). The number of likely N-dealkylation sites (N-methyl/N-ethyl adjacent to an activating group) is 1. The maximum atomic E-state index is 14.6. The molecule has 11 heteroatoms. The minimum absolute atomic E-state index is 0.101. The van der Waals surface area contributed by atoms with E-state index in [0.717, 1.165) is 21.2 Å². The fourth-order valence-corrected chi connectivity index (χ4v) is 6.01. The number of carbonyl (C=O) groups excluding carboxylic acids is 3. The summed E-state index contributed by atoms with van der Waals surface area (Å²) in [6.07, 6.45) is -0.180. The molecule has 2 heterocycles. The molecule has 11 nitrogen and oxygen atoms in total. The van der Waals surface area contributed by atoms with Crippen LogP contribution in [0.3, 0.4) is 0 Å². The third-order valence-corrected chi connectivity index (χ3v) is 8.76. The molecule has 3 aromatic carbocycles. The summed E-state index contributed by atoms with van der Waals surface area (Å²) < 4.78 is 11.2. The Balaban J connectivity index is 1.64. The molecule has 4 amide bonds. The molecule has 0 bridgehead atoms. The Bertz CT molecular complexity index is 1570. The van der Waals surface area contributed by atoms with E-state index in [9.17, 15) is 24.3 Å². The first-order chi connectivity index (χ1) is 21.1. The Morgan fingerprint density at radius 2 is 1.70 bits per heavy atom. The molecule has 232 valence electrons. The number of fused-ring (bicyclic) bond motifs is 2. The molecule has 1 fully saturated rings. The topological polar surface area (TPSA) is 129 Å². The van der Waals surface area contributed by atoms with Gasteiger partial charge >= 0.3 is 6.09 Å². The molecule has 0 radical (unpaired) electrons. The Hall–Kier alpha value is -4.64. The van der Waals surface area contributed by atoms with Crippen LogP contribution in [0.4, 0.5) is 16.2 Å². The van der Waals surface area contributed by atoms with Gasteiger partial charge in [0.15, 0.2) is 0 Å². The lowest BCUT2D eigenvalue weighted by Crippen LogP contribution is -2.60. The average molecular weight is 603 g/mol. The molecule has 3 atom stereocenters. The van der Waals surface area contributed by atoms with Crippen LogP contribution in [-0.2, 0) is 25.7 Å². The molecular weight excluding hydrogens is 564 g/mol. The zero-order chi connectivity index (χ0) is 31.5. The van der Waals surface area contributed by atoms with E-state index in [0.29, 0.717) is 43.2 Å². The van der Waals surface area contributed by atoms with Crippen LogP contribution in [0.1, 0.15) is 32.3 Å². The summed E-state index contributed by atoms with van der Waals surface area (Å²) in [7, 11) is 2.87. The maximum Gasteiger partial charge on any atom is 0.407 e. The van der Waals surface area contributed by atoms with Crippen molar-refractivity contribution in [2.24, 2.45) is 5.92 Å². The normalized spacial score (nSPS) is 19.6. The molecule has 0 aliphatic carbocycles. The van der Waals surface area contributed by atoms with Gasteiger partial charge in [0, 0.05) is 31.7 Å². The van der Waals surface area contributed by atoms with E-state index in [1.54, 1.807) is 29.9 Å². The number of benzene rings is 3. The third-order valence-electron chi connectivity index (χ3n) is 8.76. The summed E-state index contributed by atoms with van der Waals surface area (Å²) >= 11 is 0. The number of nitrogens with zero attached hydrogens (tertiary/aromatic N) is 3. The summed E-state index contributed by atoms with van der Waals surface area (Å²) in [6.45, 7) is 4.22. The number of hydrogen-bond donors (Lipinski definition) is 2. The minimum Gasteiger partial charge on any atom is -0.496 e. The van der Waals surface area contributed by atoms with Gasteiger partial charge in [0.25, 0.3) is 5.91 Å². The molecule has 44 heavy (non-hydrogen) atoms. The maximum absolute atomic E-state index is 14.6. The van der Waals surface area contributed by atoms with Gasteiger partial charge in [0.2, 0.25) is 11.8 Å². The van der Waals surface area contributed by atoms with Gasteiger partial charge in [0.1, 0.15) is 17.8 Å². The first kappa shape index (κ1) is 30.8. The number of rotatable bonds is 7. The van der Waals surface area contributed by atoms with Crippen molar-refractivity contribution in [3.8, 4) is 5.75 Å². The summed E-state index contributed by atoms with van der Waals surface area (Å²) in [6, 6.07) is 15.8. The minimum atomic E-state index is -1.28. The van der Waals surface area contributed by atoms with Crippen LogP contribution < -0.4 is 19.9 Å². The van der Waals surface area contributed by atoms with E-state index in [1.165, 1.54) is 14.0 Å². The highest BCUT2D eigenvalue weighted by Crippen LogP contribution is 2.39. The van der Waals surface area contributed by atoms with E-state index < -0.39 is 36.0 Å². The van der Waals surface area contributed by atoms with Gasteiger partial charge in [-0.1, -0.05) is 42.5 Å². The number of para-hydroxylation sites is 2. The zero-order valence-electron chi connectivity index (χ0n) is 25.4. The lowest BCUT2D eigenvalue weighted by Gasteiger charge is -2.36. The summed E-state index contributed by atoms with van der Waals surface area (Å²) in [5.74, 6) is -0.945. The third kappa shape index (κ3) is 5.79. The highest BCUT2D eigenvalue weighted by Gasteiger charge is 2.44. The van der Waals surface area contributed by atoms with Gasteiger partial charge in [-0.25, -0.2) is 4.79 Å². The predicted molar refractivity (Wildman–Crippen MR) is 166 cm³/mol. The van der Waals surface area contributed by atoms with Gasteiger partial charge in [-0.2, -0.15) is 0 Å². The van der Waals surface area contributed by atoms with Crippen LogP contribution in [0.25, 0.3) is 10.8 Å². The van der Waals surface area contributed by atoms with Crippen molar-refractivity contribution in [1.29, 1.82) is 0 Å². The number of methoxy groups -OCH3 is 1. The smallest absolute Gasteiger partial charge is 0.407 e. The standard InChI is InChI=1S/C33H38N4O7/c1-20-29(34-30(38)21(2)35(3)33(41)42)32(40)36(19-25-24-10-6-5-9-22(24)13-14-28(25)43-4)26-11-7-8-12-27(26)37(20)31(39)23-15-17-44-18-16-23/h5-14,20-21,23,29H,15-19H2,1-4H3,(H,34,38)(H,41,42)/t20-,21-,29-/m0/s1. The summed E-state index contributed by atoms with van der Waals surface area (Å²) in [5.41, 5.74) is 1.85. The second kappa shape index (κ2) is 12.9. The largest absolute Gasteiger partial charge is 0.496 e. The molecule has 0 unspecified atom stereocenters. The molecule has 1 saturated heterocycles. The molecule has 2 aliphatic heterocycles. The van der Waals surface area contributed by atoms with Crippen LogP contribution >= 0.6 is 0 Å². The monoisotopic (exact) mass is 602 g/mol. The number of anilines is 2. The fraction of sp³-hybridized carbons (Fsp3) is 0.394. The molecule has 0 saturated carbocycles. The van der Waals surface area contributed by atoms with Crippen molar-refractivity contribution in [2.75, 3.05) is 37.2 Å². The van der Waals surface area contributed by atoms with E-state index >= 15 is 0 Å². The van der Waals surface area contributed by atoms with Crippen molar-refractivity contribution in [3.63, 3.8) is 0 Å². The summed E-state index contributed by atoms with van der Waals surface area (Å²) in [4.78, 5) is 58.0. The second-order valence-electron chi connectivity index (χ2n) is 11.3. The van der Waals surface area contributed by atoms with E-state index in [1.807, 2.05) is 54.6 Å². The van der Waals surface area contributed by atoms with Crippen LogP contribution in [-0.4, -0.2) is 79.3 Å². The Kier molecular flexibility index (Phi) is 9.05. The molecule has 0 spiro atoms. The molecule has 0 aromatic heterocycles. The van der Waals surface area contributed by atoms with Crippen LogP contribution in [0.2, 0.25) is 0 Å². The Labute approximate surface area is 256 Å². The fourth-order valence-electron chi connectivity index (χ4n) is 6.01. The van der Waals surface area contributed by atoms with Crippen LogP contribution in [0.15, 0.2) is 60.7 Å². The quantitative estimate of drug-likeness (QED) is 0.418. The highest BCUT2D eigenvalue weighted by molar-refractivity contribution is 6.09. The van der Waals surface area contributed by atoms with Gasteiger partial charge < -0.3 is 29.7 Å². The highest BCUT2D eigenvalue weighted by atomic mass is 16.5. The zero-order valence-corrected chi connectivity index (χ0v) is 25.4. The molecule has 3 aromatic rings. The number of amides is 4. The first-order valence-electron chi connectivity index (χ1n) is 14.8. The second-order valence-corrected chi connectivity index (χ2v) is 11.3. The molecule has 2 N–H and O–H groups in total. The summed E-state index contributed by atoms with van der Waals surface area (Å²) in [5, 5.41) is 14.2. The number of hydrogen-bond acceptors (Lipinski definition) is 6. The van der Waals surface area contributed by atoms with E-state index in [2.05, 4.69) is 5.32 Å². The van der Waals surface area contributed by atoms with Gasteiger partial charge in [0.05, 0.1) is 31.1 Å². The SMILES string of the molecule is COc1ccc2ccccc2c1CN1C(=O)[C@@H](NC(=O)[C@H](C)N(C)C(=O)O)[C@H](C)N(C(=O)C2CCOCC2)c2ccccc21. The van der Waals surface area contributed by atoms with Crippen molar-refractivity contribution in [3.05, 3.63) is 66.2 Å². The van der Waals surface area contributed by atoms with Gasteiger partial charge in [-0.3, -0.25) is 19.3 Å². The number of carbonyl (C=O) groups is 4. The van der Waals surface area contributed by atoms with Crippen LogP contribution in [0.5, 0.6) is 5.75 Å². The van der Waals surface area contributed by atoms with Crippen molar-refractivity contribution < 1.29 is 33.8 Å². The lowest BCUT2D eigenvalue weighted by atomic mass is 9.96. The Morgan fingerprint density at radius 3 is 2.39 bits per heavy atom. The lowest BCUT2D eigenvalue weighted by molar-refractivity contribution is -0.131. The average Bonchev–Trinajstić information content (AvgIpc) is 3.12.